The molecule has 3 nitrogen and oxygen atoms in total. The molecule has 4 rings (SSSR count). The molecule has 4 aromatic rings. The molecule has 3 aromatic heterocycles. The standard InChI is InChI=1S/C20H13F4N3/c1-12-9-13(4-6-16(12)21)19-15(3-2-8-25-19)14-5-7-18-26-10-17(20(22,23)24)27(18)11-14/h2-11H,1H3. The maximum Gasteiger partial charge on any atom is 0.433 e. The Bertz CT molecular complexity index is 1150. The van der Waals surface area contributed by atoms with Crippen LogP contribution in [0.3, 0.4) is 0 Å². The van der Waals surface area contributed by atoms with E-state index in [1.54, 1.807) is 43.5 Å². The first-order valence-corrected chi connectivity index (χ1v) is 8.11. The zero-order chi connectivity index (χ0) is 19.2. The quantitative estimate of drug-likeness (QED) is 0.434. The van der Waals surface area contributed by atoms with E-state index in [1.807, 2.05) is 0 Å². The highest BCUT2D eigenvalue weighted by molar-refractivity contribution is 5.81. The second-order valence-corrected chi connectivity index (χ2v) is 6.15. The molecule has 0 spiro atoms. The minimum Gasteiger partial charge on any atom is -0.295 e. The lowest BCUT2D eigenvalue weighted by atomic mass is 9.99. The minimum atomic E-state index is -4.51. The van der Waals surface area contributed by atoms with Crippen molar-refractivity contribution in [3.63, 3.8) is 0 Å². The van der Waals surface area contributed by atoms with Crippen molar-refractivity contribution in [2.45, 2.75) is 13.1 Å². The number of pyridine rings is 2. The van der Waals surface area contributed by atoms with E-state index in [0.717, 1.165) is 10.6 Å². The van der Waals surface area contributed by atoms with Crippen LogP contribution in [-0.2, 0) is 6.18 Å². The van der Waals surface area contributed by atoms with E-state index in [-0.39, 0.29) is 11.5 Å². The molecule has 27 heavy (non-hydrogen) atoms. The largest absolute Gasteiger partial charge is 0.433 e. The van der Waals surface area contributed by atoms with E-state index in [9.17, 15) is 17.6 Å². The van der Waals surface area contributed by atoms with Gasteiger partial charge in [0.1, 0.15) is 17.2 Å². The number of imidazole rings is 1. The summed E-state index contributed by atoms with van der Waals surface area (Å²) in [7, 11) is 0. The van der Waals surface area contributed by atoms with Gasteiger partial charge in [-0.15, -0.1) is 0 Å². The molecule has 0 N–H and O–H groups in total. The monoisotopic (exact) mass is 371 g/mol. The first-order valence-electron chi connectivity index (χ1n) is 8.11. The first-order chi connectivity index (χ1) is 12.8. The molecule has 136 valence electrons. The van der Waals surface area contributed by atoms with E-state index < -0.39 is 11.9 Å². The van der Waals surface area contributed by atoms with E-state index in [4.69, 9.17) is 0 Å². The topological polar surface area (TPSA) is 30.2 Å². The van der Waals surface area contributed by atoms with Crippen molar-refractivity contribution in [2.24, 2.45) is 0 Å². The number of hydrogen-bond donors (Lipinski definition) is 0. The van der Waals surface area contributed by atoms with Crippen molar-refractivity contribution >= 4 is 5.65 Å². The van der Waals surface area contributed by atoms with Crippen molar-refractivity contribution in [3.05, 3.63) is 78.1 Å². The van der Waals surface area contributed by atoms with Crippen LogP contribution in [0, 0.1) is 12.7 Å². The van der Waals surface area contributed by atoms with Gasteiger partial charge in [0.25, 0.3) is 0 Å². The van der Waals surface area contributed by atoms with Crippen molar-refractivity contribution < 1.29 is 17.6 Å². The van der Waals surface area contributed by atoms with Gasteiger partial charge in [0.15, 0.2) is 0 Å². The maximum absolute atomic E-state index is 13.6. The number of rotatable bonds is 2. The zero-order valence-corrected chi connectivity index (χ0v) is 14.1. The van der Waals surface area contributed by atoms with Crippen LogP contribution in [0.15, 0.2) is 61.1 Å². The number of aromatic nitrogens is 3. The Kier molecular flexibility index (Phi) is 3.95. The predicted octanol–water partition coefficient (Wildman–Crippen LogP) is 5.53. The van der Waals surface area contributed by atoms with Crippen LogP contribution in [-0.4, -0.2) is 14.4 Å². The number of alkyl halides is 3. The molecule has 1 aromatic carbocycles. The van der Waals surface area contributed by atoms with Gasteiger partial charge in [0.05, 0.1) is 11.9 Å². The third-order valence-corrected chi connectivity index (χ3v) is 4.35. The second kappa shape index (κ2) is 6.19. The van der Waals surface area contributed by atoms with E-state index in [2.05, 4.69) is 9.97 Å². The lowest BCUT2D eigenvalue weighted by molar-refractivity contribution is -0.141. The van der Waals surface area contributed by atoms with Crippen LogP contribution in [0.25, 0.3) is 28.0 Å². The summed E-state index contributed by atoms with van der Waals surface area (Å²) in [5.74, 6) is -0.328. The van der Waals surface area contributed by atoms with E-state index in [1.165, 1.54) is 18.3 Å². The van der Waals surface area contributed by atoms with Crippen LogP contribution < -0.4 is 0 Å². The number of fused-ring (bicyclic) bond motifs is 1. The predicted molar refractivity (Wildman–Crippen MR) is 93.6 cm³/mol. The van der Waals surface area contributed by atoms with Crippen molar-refractivity contribution in [1.29, 1.82) is 0 Å². The number of benzene rings is 1. The van der Waals surface area contributed by atoms with Gasteiger partial charge in [-0.05, 0) is 48.9 Å². The Balaban J connectivity index is 1.90. The Hall–Kier alpha value is -3.22. The van der Waals surface area contributed by atoms with Gasteiger partial charge in [-0.1, -0.05) is 6.07 Å². The van der Waals surface area contributed by atoms with Crippen LogP contribution in [0.1, 0.15) is 11.3 Å². The van der Waals surface area contributed by atoms with Crippen LogP contribution >= 0.6 is 0 Å². The summed E-state index contributed by atoms with van der Waals surface area (Å²) in [5, 5.41) is 0. The van der Waals surface area contributed by atoms with Gasteiger partial charge in [-0.25, -0.2) is 9.37 Å². The maximum atomic E-state index is 13.6. The van der Waals surface area contributed by atoms with Gasteiger partial charge in [-0.3, -0.25) is 9.38 Å². The molecule has 0 atom stereocenters. The highest BCUT2D eigenvalue weighted by Crippen LogP contribution is 2.34. The molecular weight excluding hydrogens is 358 g/mol. The Morgan fingerprint density at radius 3 is 2.48 bits per heavy atom. The van der Waals surface area contributed by atoms with Crippen molar-refractivity contribution in [1.82, 2.24) is 14.4 Å². The minimum absolute atomic E-state index is 0.203. The summed E-state index contributed by atoms with van der Waals surface area (Å²) >= 11 is 0. The van der Waals surface area contributed by atoms with Gasteiger partial charge >= 0.3 is 6.18 Å². The summed E-state index contributed by atoms with van der Waals surface area (Å²) in [6.45, 7) is 1.65. The molecule has 0 aliphatic heterocycles. The lowest BCUT2D eigenvalue weighted by Gasteiger charge is -2.12. The average molecular weight is 371 g/mol. The fraction of sp³-hybridized carbons (Fsp3) is 0.100. The van der Waals surface area contributed by atoms with Crippen LogP contribution in [0.2, 0.25) is 0 Å². The second-order valence-electron chi connectivity index (χ2n) is 6.15. The Morgan fingerprint density at radius 2 is 1.74 bits per heavy atom. The fourth-order valence-corrected chi connectivity index (χ4v) is 3.01. The number of halogens is 4. The summed E-state index contributed by atoms with van der Waals surface area (Å²) in [6, 6.07) is 11.3. The molecule has 0 aliphatic rings. The van der Waals surface area contributed by atoms with Crippen LogP contribution in [0.5, 0.6) is 0 Å². The van der Waals surface area contributed by atoms with Crippen molar-refractivity contribution in [2.75, 3.05) is 0 Å². The molecule has 7 heteroatoms. The Morgan fingerprint density at radius 1 is 0.963 bits per heavy atom. The normalized spacial score (nSPS) is 11.9. The highest BCUT2D eigenvalue weighted by atomic mass is 19.4. The molecule has 0 saturated heterocycles. The van der Waals surface area contributed by atoms with Gasteiger partial charge in [0, 0.05) is 29.1 Å². The molecule has 0 aliphatic carbocycles. The summed E-state index contributed by atoms with van der Waals surface area (Å²) < 4.78 is 54.2. The van der Waals surface area contributed by atoms with Gasteiger partial charge in [-0.2, -0.15) is 13.2 Å². The van der Waals surface area contributed by atoms with Crippen LogP contribution in [0.4, 0.5) is 17.6 Å². The SMILES string of the molecule is Cc1cc(-c2ncccc2-c2ccc3ncc(C(F)(F)F)n3c2)ccc1F. The fourth-order valence-electron chi connectivity index (χ4n) is 3.01. The number of nitrogens with zero attached hydrogens (tertiary/aromatic N) is 3. The third kappa shape index (κ3) is 3.05. The molecule has 0 amide bonds. The zero-order valence-electron chi connectivity index (χ0n) is 14.1. The van der Waals surface area contributed by atoms with E-state index >= 15 is 0 Å². The summed E-state index contributed by atoms with van der Waals surface area (Å²) in [4.78, 5) is 8.17. The smallest absolute Gasteiger partial charge is 0.295 e. The summed E-state index contributed by atoms with van der Waals surface area (Å²) in [6.07, 6.45) is -0.715. The molecule has 3 heterocycles. The summed E-state index contributed by atoms with van der Waals surface area (Å²) in [5.41, 5.74) is 2.27. The molecule has 0 bridgehead atoms. The number of aryl methyl sites for hydroxylation is 1. The highest BCUT2D eigenvalue weighted by Gasteiger charge is 2.34. The molecule has 0 saturated carbocycles. The van der Waals surface area contributed by atoms with Gasteiger partial charge in [0.2, 0.25) is 0 Å². The average Bonchev–Trinajstić information content (AvgIpc) is 3.07. The molecule has 0 unspecified atom stereocenters. The van der Waals surface area contributed by atoms with Crippen molar-refractivity contribution in [3.8, 4) is 22.4 Å². The first kappa shape index (κ1) is 17.2. The number of hydrogen-bond acceptors (Lipinski definition) is 2. The van der Waals surface area contributed by atoms with E-state index in [0.29, 0.717) is 27.9 Å². The molecule has 0 radical (unpaired) electrons. The Labute approximate surface area is 151 Å². The van der Waals surface area contributed by atoms with Gasteiger partial charge < -0.3 is 0 Å². The third-order valence-electron chi connectivity index (χ3n) is 4.35. The molecular formula is C20H13F4N3. The molecule has 0 fully saturated rings. The lowest BCUT2D eigenvalue weighted by Crippen LogP contribution is -2.08.